The second-order valence-corrected chi connectivity index (χ2v) is 7.00. The lowest BCUT2D eigenvalue weighted by Crippen LogP contribution is -2.42. The van der Waals surface area contributed by atoms with Crippen molar-refractivity contribution in [2.24, 2.45) is 10.7 Å². The zero-order valence-electron chi connectivity index (χ0n) is 14.5. The third-order valence-electron chi connectivity index (χ3n) is 4.88. The smallest absolute Gasteiger partial charge is 0.188 e. The zero-order valence-corrected chi connectivity index (χ0v) is 17.6. The number of nitrogens with one attached hydrogen (secondary N) is 1. The number of ether oxygens (including phenoxy) is 1. The van der Waals surface area contributed by atoms with Crippen LogP contribution >= 0.6 is 35.6 Å². The van der Waals surface area contributed by atoms with Crippen molar-refractivity contribution in [1.29, 1.82) is 0 Å². The minimum absolute atomic E-state index is 0. The Morgan fingerprint density at radius 2 is 1.88 bits per heavy atom. The van der Waals surface area contributed by atoms with Gasteiger partial charge in [-0.3, -0.25) is 9.89 Å². The number of halogens is 2. The minimum atomic E-state index is 0. The van der Waals surface area contributed by atoms with Gasteiger partial charge >= 0.3 is 0 Å². The van der Waals surface area contributed by atoms with Crippen LogP contribution in [0.1, 0.15) is 37.3 Å². The maximum Gasteiger partial charge on any atom is 0.188 e. The van der Waals surface area contributed by atoms with Crippen molar-refractivity contribution in [3.05, 3.63) is 34.9 Å². The van der Waals surface area contributed by atoms with Gasteiger partial charge in [0.25, 0.3) is 0 Å². The summed E-state index contributed by atoms with van der Waals surface area (Å²) in [7, 11) is 0. The number of aliphatic imine (C=N–C) groups is 1. The molecule has 2 aliphatic rings. The molecule has 1 atom stereocenters. The average Bonchev–Trinajstić information content (AvgIpc) is 3.10. The Labute approximate surface area is 172 Å². The fraction of sp³-hybridized carbons (Fsp3) is 0.611. The molecule has 1 heterocycles. The first-order valence-electron chi connectivity index (χ1n) is 8.86. The van der Waals surface area contributed by atoms with Gasteiger partial charge in [0.1, 0.15) is 0 Å². The Balaban J connectivity index is 0.00000225. The summed E-state index contributed by atoms with van der Waals surface area (Å²) in [6.07, 6.45) is 4.96. The molecular weight excluding hydrogens is 451 g/mol. The van der Waals surface area contributed by atoms with Gasteiger partial charge in [0, 0.05) is 24.2 Å². The van der Waals surface area contributed by atoms with Gasteiger partial charge in [-0.25, -0.2) is 0 Å². The van der Waals surface area contributed by atoms with Gasteiger partial charge < -0.3 is 15.8 Å². The van der Waals surface area contributed by atoms with Crippen LogP contribution in [0.5, 0.6) is 0 Å². The summed E-state index contributed by atoms with van der Waals surface area (Å²) in [5.41, 5.74) is 7.33. The zero-order chi connectivity index (χ0) is 16.8. The van der Waals surface area contributed by atoms with E-state index in [-0.39, 0.29) is 30.0 Å². The van der Waals surface area contributed by atoms with Crippen LogP contribution < -0.4 is 11.1 Å². The van der Waals surface area contributed by atoms with Crippen molar-refractivity contribution < 1.29 is 4.74 Å². The van der Waals surface area contributed by atoms with Crippen molar-refractivity contribution in [1.82, 2.24) is 10.2 Å². The lowest BCUT2D eigenvalue weighted by molar-refractivity contribution is 0.0180. The third-order valence-corrected chi connectivity index (χ3v) is 5.13. The standard InChI is InChI=1S/C18H27ClN4O.HI/c19-15-7-5-14(6-8-15)17(23-9-11-24-12-10-23)13-21-18(20)22-16-3-1-2-4-16;/h5-8,16-17H,1-4,9-13H2,(H3,20,21,22);1H. The summed E-state index contributed by atoms with van der Waals surface area (Å²) < 4.78 is 5.48. The van der Waals surface area contributed by atoms with Gasteiger partial charge in [-0.2, -0.15) is 0 Å². The number of benzene rings is 1. The molecule has 0 amide bonds. The molecule has 1 unspecified atom stereocenters. The summed E-state index contributed by atoms with van der Waals surface area (Å²) in [6, 6.07) is 8.74. The van der Waals surface area contributed by atoms with E-state index in [1.807, 2.05) is 12.1 Å². The molecule has 140 valence electrons. The first kappa shape index (κ1) is 20.7. The van der Waals surface area contributed by atoms with E-state index in [1.54, 1.807) is 0 Å². The molecular formula is C18H28ClIN4O. The highest BCUT2D eigenvalue weighted by Crippen LogP contribution is 2.24. The fourth-order valence-corrected chi connectivity index (χ4v) is 3.64. The number of guanidine groups is 1. The SMILES string of the molecule is I.NC(=NCC(c1ccc(Cl)cc1)N1CCOCC1)NC1CCCC1. The lowest BCUT2D eigenvalue weighted by Gasteiger charge is -2.34. The van der Waals surface area contributed by atoms with E-state index in [9.17, 15) is 0 Å². The summed E-state index contributed by atoms with van der Waals surface area (Å²) in [5.74, 6) is 0.564. The van der Waals surface area contributed by atoms with Crippen LogP contribution in [0.2, 0.25) is 5.02 Å². The van der Waals surface area contributed by atoms with E-state index >= 15 is 0 Å². The summed E-state index contributed by atoms with van der Waals surface area (Å²) in [6.45, 7) is 4.01. The highest BCUT2D eigenvalue weighted by molar-refractivity contribution is 14.0. The molecule has 0 radical (unpaired) electrons. The van der Waals surface area contributed by atoms with Crippen LogP contribution in [-0.4, -0.2) is 49.7 Å². The topological polar surface area (TPSA) is 62.9 Å². The highest BCUT2D eigenvalue weighted by atomic mass is 127. The highest BCUT2D eigenvalue weighted by Gasteiger charge is 2.23. The summed E-state index contributed by atoms with van der Waals surface area (Å²) >= 11 is 6.03. The molecule has 1 saturated heterocycles. The van der Waals surface area contributed by atoms with Crippen LogP contribution in [-0.2, 0) is 4.74 Å². The van der Waals surface area contributed by atoms with Crippen molar-refractivity contribution in [3.8, 4) is 0 Å². The third kappa shape index (κ3) is 6.27. The first-order chi connectivity index (χ1) is 11.7. The van der Waals surface area contributed by atoms with Gasteiger partial charge in [0.2, 0.25) is 0 Å². The van der Waals surface area contributed by atoms with E-state index in [2.05, 4.69) is 27.3 Å². The molecule has 5 nitrogen and oxygen atoms in total. The van der Waals surface area contributed by atoms with Gasteiger partial charge in [-0.1, -0.05) is 36.6 Å². The molecule has 1 aliphatic carbocycles. The lowest BCUT2D eigenvalue weighted by atomic mass is 10.0. The van der Waals surface area contributed by atoms with Gasteiger partial charge in [-0.05, 0) is 30.5 Å². The molecule has 1 saturated carbocycles. The second kappa shape index (κ2) is 10.5. The summed E-state index contributed by atoms with van der Waals surface area (Å²) in [4.78, 5) is 7.05. The van der Waals surface area contributed by atoms with E-state index in [0.717, 1.165) is 31.3 Å². The molecule has 3 N–H and O–H groups in total. The van der Waals surface area contributed by atoms with Crippen molar-refractivity contribution in [2.75, 3.05) is 32.8 Å². The Morgan fingerprint density at radius 3 is 2.52 bits per heavy atom. The average molecular weight is 479 g/mol. The van der Waals surface area contributed by atoms with Crippen LogP contribution in [0.25, 0.3) is 0 Å². The molecule has 1 aliphatic heterocycles. The molecule has 2 fully saturated rings. The van der Waals surface area contributed by atoms with Crippen molar-refractivity contribution in [3.63, 3.8) is 0 Å². The van der Waals surface area contributed by atoms with E-state index in [4.69, 9.17) is 22.1 Å². The van der Waals surface area contributed by atoms with E-state index in [0.29, 0.717) is 18.5 Å². The molecule has 25 heavy (non-hydrogen) atoms. The number of nitrogens with zero attached hydrogens (tertiary/aromatic N) is 2. The second-order valence-electron chi connectivity index (χ2n) is 6.57. The fourth-order valence-electron chi connectivity index (χ4n) is 3.52. The number of hydrogen-bond donors (Lipinski definition) is 2. The molecule has 0 spiro atoms. The van der Waals surface area contributed by atoms with Crippen molar-refractivity contribution >= 4 is 41.5 Å². The number of rotatable bonds is 5. The maximum atomic E-state index is 6.11. The van der Waals surface area contributed by atoms with Crippen LogP contribution in [0.3, 0.4) is 0 Å². The monoisotopic (exact) mass is 478 g/mol. The van der Waals surface area contributed by atoms with Gasteiger partial charge in [0.05, 0.1) is 25.8 Å². The van der Waals surface area contributed by atoms with Crippen molar-refractivity contribution in [2.45, 2.75) is 37.8 Å². The Kier molecular flexibility index (Phi) is 8.75. The Hall–Kier alpha value is -0.570. The molecule has 7 heteroatoms. The van der Waals surface area contributed by atoms with Crippen LogP contribution in [0.4, 0.5) is 0 Å². The first-order valence-corrected chi connectivity index (χ1v) is 9.24. The molecule has 0 bridgehead atoms. The molecule has 1 aromatic carbocycles. The molecule has 3 rings (SSSR count). The largest absolute Gasteiger partial charge is 0.379 e. The predicted octanol–water partition coefficient (Wildman–Crippen LogP) is 3.18. The van der Waals surface area contributed by atoms with E-state index in [1.165, 1.54) is 31.2 Å². The normalized spacial score (nSPS) is 20.9. The van der Waals surface area contributed by atoms with Crippen LogP contribution in [0.15, 0.2) is 29.3 Å². The molecule has 0 aromatic heterocycles. The quantitative estimate of drug-likeness (QED) is 0.388. The van der Waals surface area contributed by atoms with Crippen LogP contribution in [0, 0.1) is 0 Å². The van der Waals surface area contributed by atoms with E-state index < -0.39 is 0 Å². The number of hydrogen-bond acceptors (Lipinski definition) is 3. The Morgan fingerprint density at radius 1 is 1.24 bits per heavy atom. The maximum absolute atomic E-state index is 6.11. The number of morpholine rings is 1. The Bertz CT molecular complexity index is 543. The number of nitrogens with two attached hydrogens (primary N) is 1. The van der Waals surface area contributed by atoms with Gasteiger partial charge in [-0.15, -0.1) is 24.0 Å². The minimum Gasteiger partial charge on any atom is -0.379 e. The van der Waals surface area contributed by atoms with Gasteiger partial charge in [0.15, 0.2) is 5.96 Å². The molecule has 1 aromatic rings. The summed E-state index contributed by atoms with van der Waals surface area (Å²) in [5, 5.41) is 4.12. The predicted molar refractivity (Wildman–Crippen MR) is 114 cm³/mol.